The van der Waals surface area contributed by atoms with E-state index in [1.165, 1.54) is 6.92 Å². The summed E-state index contributed by atoms with van der Waals surface area (Å²) >= 11 is 0. The quantitative estimate of drug-likeness (QED) is 0.832. The smallest absolute Gasteiger partial charge is 0.321 e. The van der Waals surface area contributed by atoms with E-state index in [4.69, 9.17) is 9.63 Å². The molecule has 2 N–H and O–H groups in total. The second-order valence-electron chi connectivity index (χ2n) is 5.37. The van der Waals surface area contributed by atoms with Crippen LogP contribution in [-0.2, 0) is 26.0 Å². The Hall–Kier alpha value is -1.41. The highest BCUT2D eigenvalue weighted by Crippen LogP contribution is 2.23. The van der Waals surface area contributed by atoms with Crippen molar-refractivity contribution in [3.8, 4) is 0 Å². The van der Waals surface area contributed by atoms with Crippen molar-refractivity contribution in [1.29, 1.82) is 0 Å². The average Bonchev–Trinajstić information content (AvgIpc) is 2.63. The summed E-state index contributed by atoms with van der Waals surface area (Å²) in [5, 5.41) is 12.3. The van der Waals surface area contributed by atoms with Crippen molar-refractivity contribution < 1.29 is 22.8 Å². The number of aromatic nitrogens is 1. The minimum Gasteiger partial charge on any atom is -0.480 e. The Kier molecular flexibility index (Phi) is 4.36. The molecule has 0 fully saturated rings. The van der Waals surface area contributed by atoms with Crippen molar-refractivity contribution in [3.05, 3.63) is 17.5 Å². The maximum Gasteiger partial charge on any atom is 0.321 e. The lowest BCUT2D eigenvalue weighted by Gasteiger charge is -2.12. The maximum absolute atomic E-state index is 11.7. The minimum absolute atomic E-state index is 0.245. The third kappa shape index (κ3) is 4.64. The van der Waals surface area contributed by atoms with Crippen LogP contribution in [0.4, 0.5) is 0 Å². The van der Waals surface area contributed by atoms with E-state index < -0.39 is 27.8 Å². The van der Waals surface area contributed by atoms with Gasteiger partial charge in [0.25, 0.3) is 0 Å². The van der Waals surface area contributed by atoms with Crippen molar-refractivity contribution >= 4 is 16.0 Å². The predicted octanol–water partition coefficient (Wildman–Crippen LogP) is 0.865. The van der Waals surface area contributed by atoms with Gasteiger partial charge in [-0.15, -0.1) is 0 Å². The molecule has 7 nitrogen and oxygen atoms in total. The van der Waals surface area contributed by atoms with Crippen LogP contribution in [-0.4, -0.2) is 30.7 Å². The van der Waals surface area contributed by atoms with E-state index in [1.807, 2.05) is 25.5 Å². The maximum atomic E-state index is 11.7. The number of carboxylic acids is 1. The fourth-order valence-corrected chi connectivity index (χ4v) is 2.54. The molecule has 0 spiro atoms. The molecule has 0 aliphatic heterocycles. The van der Waals surface area contributed by atoms with Crippen LogP contribution in [0, 0.1) is 0 Å². The van der Waals surface area contributed by atoms with Gasteiger partial charge in [0.1, 0.15) is 23.2 Å². The van der Waals surface area contributed by atoms with Gasteiger partial charge in [0.2, 0.25) is 10.0 Å². The second-order valence-corrected chi connectivity index (χ2v) is 7.12. The first-order valence-electron chi connectivity index (χ1n) is 5.70. The molecule has 0 saturated heterocycles. The molecule has 1 aromatic heterocycles. The number of carboxylic acid groups (broad SMARTS) is 1. The number of nitrogens with one attached hydrogen (secondary N) is 1. The molecular formula is C11H18N2O5S. The van der Waals surface area contributed by atoms with Gasteiger partial charge in [0.15, 0.2) is 0 Å². The fraction of sp³-hybridized carbons (Fsp3) is 0.636. The van der Waals surface area contributed by atoms with Crippen molar-refractivity contribution in [2.24, 2.45) is 0 Å². The molecule has 0 radical (unpaired) electrons. The van der Waals surface area contributed by atoms with Gasteiger partial charge in [-0.2, -0.15) is 0 Å². The number of nitrogens with zero attached hydrogens (tertiary/aromatic N) is 1. The van der Waals surface area contributed by atoms with Crippen LogP contribution < -0.4 is 4.72 Å². The summed E-state index contributed by atoms with van der Waals surface area (Å²) in [6.45, 7) is 6.99. The Morgan fingerprint density at radius 2 is 2.11 bits per heavy atom. The highest BCUT2D eigenvalue weighted by atomic mass is 32.2. The predicted molar refractivity (Wildman–Crippen MR) is 68.1 cm³/mol. The van der Waals surface area contributed by atoms with Crippen molar-refractivity contribution in [3.63, 3.8) is 0 Å². The number of hydrogen-bond acceptors (Lipinski definition) is 5. The van der Waals surface area contributed by atoms with Crippen LogP contribution in [0.3, 0.4) is 0 Å². The Morgan fingerprint density at radius 1 is 1.53 bits per heavy atom. The third-order valence-corrected chi connectivity index (χ3v) is 3.75. The van der Waals surface area contributed by atoms with Gasteiger partial charge >= 0.3 is 5.97 Å². The summed E-state index contributed by atoms with van der Waals surface area (Å²) in [5.41, 5.74) is -0.0217. The molecule has 0 bridgehead atoms. The zero-order valence-electron chi connectivity index (χ0n) is 11.3. The summed E-state index contributed by atoms with van der Waals surface area (Å²) in [5.74, 6) is -1.08. The van der Waals surface area contributed by atoms with Crippen LogP contribution in [0.15, 0.2) is 10.6 Å². The summed E-state index contributed by atoms with van der Waals surface area (Å²) in [4.78, 5) is 10.6. The Bertz CT molecular complexity index is 556. The van der Waals surface area contributed by atoms with E-state index in [9.17, 15) is 13.2 Å². The molecule has 1 aromatic rings. The van der Waals surface area contributed by atoms with Gasteiger partial charge in [0, 0.05) is 11.5 Å². The topological polar surface area (TPSA) is 110 Å². The number of aliphatic carboxylic acids is 1. The molecule has 0 amide bonds. The zero-order valence-corrected chi connectivity index (χ0v) is 12.1. The molecule has 0 aromatic carbocycles. The minimum atomic E-state index is -3.76. The molecule has 8 heteroatoms. The number of rotatable bonds is 5. The lowest BCUT2D eigenvalue weighted by atomic mass is 9.93. The van der Waals surface area contributed by atoms with Gasteiger partial charge in [-0.25, -0.2) is 13.1 Å². The largest absolute Gasteiger partial charge is 0.480 e. The standard InChI is InChI=1S/C11H18N2O5S/c1-7(10(14)15)13-19(16,17)6-8-5-9(18-12-8)11(2,3)4/h5,7,13H,6H2,1-4H3,(H,14,15). The Morgan fingerprint density at radius 3 is 2.53 bits per heavy atom. The first kappa shape index (κ1) is 15.6. The summed E-state index contributed by atoms with van der Waals surface area (Å²) in [6.07, 6.45) is 0. The average molecular weight is 290 g/mol. The molecule has 19 heavy (non-hydrogen) atoms. The van der Waals surface area contributed by atoms with E-state index >= 15 is 0 Å². The summed E-state index contributed by atoms with van der Waals surface area (Å²) in [6, 6.07) is 0.379. The van der Waals surface area contributed by atoms with Crippen molar-refractivity contribution in [2.45, 2.75) is 44.9 Å². The van der Waals surface area contributed by atoms with Crippen molar-refractivity contribution in [1.82, 2.24) is 9.88 Å². The highest BCUT2D eigenvalue weighted by molar-refractivity contribution is 7.88. The van der Waals surface area contributed by atoms with Crippen molar-refractivity contribution in [2.75, 3.05) is 0 Å². The molecule has 1 rings (SSSR count). The molecule has 0 aliphatic rings. The normalized spacial score (nSPS) is 14.3. The number of hydrogen-bond donors (Lipinski definition) is 2. The van der Waals surface area contributed by atoms with E-state index in [1.54, 1.807) is 6.07 Å². The molecule has 0 saturated carbocycles. The summed E-state index contributed by atoms with van der Waals surface area (Å²) < 4.78 is 30.5. The van der Waals surface area contributed by atoms with Crippen LogP contribution in [0.2, 0.25) is 0 Å². The van der Waals surface area contributed by atoms with Gasteiger partial charge < -0.3 is 9.63 Å². The highest BCUT2D eigenvalue weighted by Gasteiger charge is 2.24. The van der Waals surface area contributed by atoms with Gasteiger partial charge in [-0.3, -0.25) is 4.79 Å². The second kappa shape index (κ2) is 5.30. The Balaban J connectivity index is 2.79. The molecule has 1 unspecified atom stereocenters. The molecule has 1 heterocycles. The van der Waals surface area contributed by atoms with Crippen LogP contribution in [0.5, 0.6) is 0 Å². The van der Waals surface area contributed by atoms with E-state index in [-0.39, 0.29) is 11.1 Å². The Labute approximate surface area is 112 Å². The molecule has 0 aliphatic carbocycles. The van der Waals surface area contributed by atoms with Crippen LogP contribution >= 0.6 is 0 Å². The fourth-order valence-electron chi connectivity index (χ4n) is 1.29. The molecule has 1 atom stereocenters. The van der Waals surface area contributed by atoms with Gasteiger partial charge in [0.05, 0.1) is 0 Å². The number of carbonyl (C=O) groups is 1. The first-order valence-corrected chi connectivity index (χ1v) is 7.35. The van der Waals surface area contributed by atoms with Gasteiger partial charge in [-0.05, 0) is 6.92 Å². The monoisotopic (exact) mass is 290 g/mol. The number of sulfonamides is 1. The van der Waals surface area contributed by atoms with Crippen LogP contribution in [0.1, 0.15) is 39.1 Å². The zero-order chi connectivity index (χ0) is 14.8. The van der Waals surface area contributed by atoms with Crippen LogP contribution in [0.25, 0.3) is 0 Å². The molecular weight excluding hydrogens is 272 g/mol. The molecule has 108 valence electrons. The first-order chi connectivity index (χ1) is 8.51. The SMILES string of the molecule is CC(NS(=O)(=O)Cc1cc(C(C)(C)C)on1)C(=O)O. The van der Waals surface area contributed by atoms with E-state index in [0.717, 1.165) is 0 Å². The third-order valence-electron chi connectivity index (χ3n) is 2.36. The van der Waals surface area contributed by atoms with Gasteiger partial charge in [-0.1, -0.05) is 25.9 Å². The van der Waals surface area contributed by atoms with E-state index in [2.05, 4.69) is 5.16 Å². The summed E-state index contributed by atoms with van der Waals surface area (Å²) in [7, 11) is -3.76. The van der Waals surface area contributed by atoms with E-state index in [0.29, 0.717) is 5.76 Å². The lowest BCUT2D eigenvalue weighted by Crippen LogP contribution is -2.38. The lowest BCUT2D eigenvalue weighted by molar-refractivity contribution is -0.138.